The maximum atomic E-state index is 11.2. The Bertz CT molecular complexity index is 2330. The number of ether oxygens (including phenoxy) is 3. The highest BCUT2D eigenvalue weighted by Gasteiger charge is 2.30. The third-order valence-corrected chi connectivity index (χ3v) is 7.78. The Morgan fingerprint density at radius 1 is 0.255 bits per heavy atom. The lowest BCUT2D eigenvalue weighted by Crippen LogP contribution is -1.97. The van der Waals surface area contributed by atoms with Gasteiger partial charge in [0.15, 0.2) is 46.0 Å². The summed E-state index contributed by atoms with van der Waals surface area (Å²) in [5.74, 6) is -19.1. The summed E-state index contributed by atoms with van der Waals surface area (Å²) in [6.07, 6.45) is 0. The summed E-state index contributed by atoms with van der Waals surface area (Å²) >= 11 is 0. The highest BCUT2D eigenvalue weighted by Crippen LogP contribution is 2.59. The van der Waals surface area contributed by atoms with Crippen LogP contribution in [0.5, 0.6) is 126 Å². The van der Waals surface area contributed by atoms with Gasteiger partial charge in [0.1, 0.15) is 57.5 Å². The van der Waals surface area contributed by atoms with E-state index in [9.17, 15) is 81.7 Å². The molecule has 0 bridgehead atoms. The van der Waals surface area contributed by atoms with Crippen LogP contribution in [-0.2, 0) is 0 Å². The molecule has 0 fully saturated rings. The van der Waals surface area contributed by atoms with Crippen molar-refractivity contribution in [3.8, 4) is 149 Å². The van der Waals surface area contributed by atoms with E-state index in [0.29, 0.717) is 12.1 Å². The Morgan fingerprint density at radius 2 is 0.582 bits per heavy atom. The molecule has 19 nitrogen and oxygen atoms in total. The molecule has 284 valence electrons. The third-order valence-electron chi connectivity index (χ3n) is 7.78. The van der Waals surface area contributed by atoms with Crippen LogP contribution < -0.4 is 14.2 Å². The van der Waals surface area contributed by atoms with Crippen LogP contribution in [0.4, 0.5) is 0 Å². The number of phenols is 16. The van der Waals surface area contributed by atoms with Crippen molar-refractivity contribution in [3.05, 3.63) is 60.7 Å². The molecule has 6 aromatic rings. The van der Waals surface area contributed by atoms with Crippen molar-refractivity contribution < 1.29 is 95.9 Å². The first-order chi connectivity index (χ1) is 25.9. The normalized spacial score (nSPS) is 11.0. The Morgan fingerprint density at radius 3 is 0.945 bits per heavy atom. The van der Waals surface area contributed by atoms with Gasteiger partial charge in [-0.2, -0.15) is 0 Å². The van der Waals surface area contributed by atoms with Crippen LogP contribution in [0.25, 0.3) is 22.3 Å². The first-order valence-corrected chi connectivity index (χ1v) is 15.1. The van der Waals surface area contributed by atoms with Crippen molar-refractivity contribution in [2.24, 2.45) is 0 Å². The quantitative estimate of drug-likeness (QED) is 0.0828. The highest BCUT2D eigenvalue weighted by atomic mass is 16.6. The van der Waals surface area contributed by atoms with Gasteiger partial charge in [0, 0.05) is 60.7 Å². The fourth-order valence-electron chi connectivity index (χ4n) is 5.44. The minimum absolute atomic E-state index is 0.509. The first kappa shape index (κ1) is 36.3. The average Bonchev–Trinajstić information content (AvgIpc) is 3.07. The summed E-state index contributed by atoms with van der Waals surface area (Å²) in [7, 11) is 0. The van der Waals surface area contributed by atoms with Crippen LogP contribution in [-0.4, -0.2) is 81.7 Å². The Kier molecular flexibility index (Phi) is 8.75. The van der Waals surface area contributed by atoms with Crippen LogP contribution in [0.2, 0.25) is 0 Å². The van der Waals surface area contributed by atoms with Gasteiger partial charge in [-0.25, -0.2) is 0 Å². The van der Waals surface area contributed by atoms with Crippen molar-refractivity contribution in [3.63, 3.8) is 0 Å². The fourth-order valence-corrected chi connectivity index (χ4v) is 5.44. The zero-order chi connectivity index (χ0) is 40.2. The lowest BCUT2D eigenvalue weighted by molar-refractivity contribution is 0.333. The maximum Gasteiger partial charge on any atom is 0.212 e. The summed E-state index contributed by atoms with van der Waals surface area (Å²) in [5, 5.41) is 167. The smallest absolute Gasteiger partial charge is 0.212 e. The lowest BCUT2D eigenvalue weighted by atomic mass is 10.00. The SMILES string of the molecule is Oc1cc(O)c(-c2c(O)cc(O)c(Oc3cc(O)cc(Oc4c(O)cc(O)c(-c5c(O)cc(O)cc5O)c4O)c3Oc3cc(O)c(O)c(O)c3)c2O)c(O)c1. The second-order valence-electron chi connectivity index (χ2n) is 11.5. The van der Waals surface area contributed by atoms with E-state index in [-0.39, 0.29) is 0 Å². The predicted octanol–water partition coefficient (Wildman–Crippen LogP) is 5.69. The number of hydrogen-bond donors (Lipinski definition) is 16. The molecule has 0 aliphatic carbocycles. The molecule has 16 N–H and O–H groups in total. The van der Waals surface area contributed by atoms with E-state index in [0.717, 1.165) is 48.5 Å². The van der Waals surface area contributed by atoms with Crippen LogP contribution in [0, 0.1) is 0 Å². The second-order valence-corrected chi connectivity index (χ2v) is 11.5. The molecule has 0 heterocycles. The first-order valence-electron chi connectivity index (χ1n) is 15.1. The maximum absolute atomic E-state index is 11.2. The number of hydrogen-bond acceptors (Lipinski definition) is 19. The molecule has 0 aliphatic rings. The minimum Gasteiger partial charge on any atom is -0.508 e. The monoisotopic (exact) mass is 762 g/mol. The van der Waals surface area contributed by atoms with Gasteiger partial charge < -0.3 is 95.9 Å². The molecule has 55 heavy (non-hydrogen) atoms. The fraction of sp³-hybridized carbons (Fsp3) is 0. The van der Waals surface area contributed by atoms with E-state index in [4.69, 9.17) is 14.2 Å². The molecule has 0 unspecified atom stereocenters. The van der Waals surface area contributed by atoms with Crippen LogP contribution in [0.1, 0.15) is 0 Å². The number of aromatic hydroxyl groups is 16. The molecule has 0 spiro atoms. The van der Waals surface area contributed by atoms with Gasteiger partial charge in [0.05, 0.1) is 22.3 Å². The van der Waals surface area contributed by atoms with Gasteiger partial charge in [-0.1, -0.05) is 0 Å². The lowest BCUT2D eigenvalue weighted by Gasteiger charge is -2.21. The minimum atomic E-state index is -1.17. The van der Waals surface area contributed by atoms with Gasteiger partial charge in [0.2, 0.25) is 23.0 Å². The topological polar surface area (TPSA) is 351 Å². The standard InChI is InChI=1S/C36H26O19/c37-11-1-15(40)27(16(41)2-11)29-19(44)9-23(48)34(32(29)51)54-25-5-13(39)6-26(36(25)53-14-7-21(46)31(50)22(47)8-14)55-35-24(49)10-20(45)30(33(35)52)28-17(42)3-12(38)4-18(28)43/h1-10,37-52H. The summed E-state index contributed by atoms with van der Waals surface area (Å²) in [6, 6.07) is 7.29. The van der Waals surface area contributed by atoms with E-state index in [1.807, 2.05) is 0 Å². The van der Waals surface area contributed by atoms with Crippen molar-refractivity contribution in [2.75, 3.05) is 0 Å². The summed E-state index contributed by atoms with van der Waals surface area (Å²) in [5.41, 5.74) is -2.79. The van der Waals surface area contributed by atoms with Gasteiger partial charge >= 0.3 is 0 Å². The van der Waals surface area contributed by atoms with Crippen molar-refractivity contribution in [1.82, 2.24) is 0 Å². The second kappa shape index (κ2) is 13.2. The van der Waals surface area contributed by atoms with Crippen molar-refractivity contribution >= 4 is 0 Å². The Hall–Kier alpha value is -8.48. The number of benzene rings is 6. The largest absolute Gasteiger partial charge is 0.508 e. The van der Waals surface area contributed by atoms with Crippen molar-refractivity contribution in [1.29, 1.82) is 0 Å². The molecule has 19 heteroatoms. The van der Waals surface area contributed by atoms with E-state index < -0.39 is 149 Å². The van der Waals surface area contributed by atoms with E-state index in [1.54, 1.807) is 0 Å². The van der Waals surface area contributed by atoms with Crippen LogP contribution in [0.15, 0.2) is 60.7 Å². The van der Waals surface area contributed by atoms with E-state index >= 15 is 0 Å². The summed E-state index contributed by atoms with van der Waals surface area (Å²) < 4.78 is 17.2. The molecule has 0 saturated heterocycles. The molecule has 0 aromatic heterocycles. The van der Waals surface area contributed by atoms with E-state index in [1.165, 1.54) is 0 Å². The van der Waals surface area contributed by atoms with Crippen molar-refractivity contribution in [2.45, 2.75) is 0 Å². The third kappa shape index (κ3) is 6.46. The zero-order valence-electron chi connectivity index (χ0n) is 27.2. The van der Waals surface area contributed by atoms with Gasteiger partial charge in [-0.3, -0.25) is 0 Å². The number of rotatable bonds is 8. The van der Waals surface area contributed by atoms with Gasteiger partial charge in [0.25, 0.3) is 0 Å². The van der Waals surface area contributed by atoms with E-state index in [2.05, 4.69) is 0 Å². The van der Waals surface area contributed by atoms with Crippen LogP contribution >= 0.6 is 0 Å². The van der Waals surface area contributed by atoms with Gasteiger partial charge in [-0.15, -0.1) is 0 Å². The molecular weight excluding hydrogens is 736 g/mol. The Labute approximate surface area is 305 Å². The molecule has 6 rings (SSSR count). The average molecular weight is 763 g/mol. The highest BCUT2D eigenvalue weighted by molar-refractivity contribution is 5.90. The summed E-state index contributed by atoms with van der Waals surface area (Å²) in [6.45, 7) is 0. The Balaban J connectivity index is 1.57. The van der Waals surface area contributed by atoms with Crippen LogP contribution in [0.3, 0.4) is 0 Å². The number of phenolic OH excluding ortho intramolecular Hbond substituents is 16. The van der Waals surface area contributed by atoms with Gasteiger partial charge in [-0.05, 0) is 0 Å². The molecule has 0 saturated carbocycles. The molecule has 0 amide bonds. The zero-order valence-corrected chi connectivity index (χ0v) is 27.2. The molecular formula is C36H26O19. The summed E-state index contributed by atoms with van der Waals surface area (Å²) in [4.78, 5) is 0. The molecule has 0 radical (unpaired) electrons. The molecule has 6 aromatic carbocycles. The molecule has 0 atom stereocenters. The molecule has 0 aliphatic heterocycles. The predicted molar refractivity (Wildman–Crippen MR) is 183 cm³/mol.